The van der Waals surface area contributed by atoms with Crippen LogP contribution in [0.1, 0.15) is 41.0 Å². The highest BCUT2D eigenvalue weighted by Gasteiger charge is 2.69. The van der Waals surface area contributed by atoms with Gasteiger partial charge in [-0.15, -0.1) is 0 Å². The zero-order valence-corrected chi connectivity index (χ0v) is 13.0. The Balaban J connectivity index is 2.18. The van der Waals surface area contributed by atoms with E-state index in [0.717, 1.165) is 6.42 Å². The predicted molar refractivity (Wildman–Crippen MR) is 75.9 cm³/mol. The Morgan fingerprint density at radius 3 is 2.45 bits per heavy atom. The number of amides is 1. The highest BCUT2D eigenvalue weighted by Crippen LogP contribution is 2.64. The largest absolute Gasteiger partial charge is 0.480 e. The van der Waals surface area contributed by atoms with Gasteiger partial charge in [0.2, 0.25) is 5.91 Å². The SMILES string of the molecule is CCC(C)(C)[C@H](N)C(=O)N1C[C@H]2[C@@H]([C@H]1C(=O)O)C2(C)C. The third-order valence-corrected chi connectivity index (χ3v) is 5.76. The minimum absolute atomic E-state index is 0.0320. The highest BCUT2D eigenvalue weighted by atomic mass is 16.4. The zero-order valence-electron chi connectivity index (χ0n) is 13.0. The number of carboxylic acid groups (broad SMARTS) is 1. The zero-order chi connectivity index (χ0) is 15.5. The van der Waals surface area contributed by atoms with Crippen molar-refractivity contribution in [1.82, 2.24) is 4.90 Å². The lowest BCUT2D eigenvalue weighted by atomic mass is 9.81. The van der Waals surface area contributed by atoms with Gasteiger partial charge in [0.25, 0.3) is 0 Å². The highest BCUT2D eigenvalue weighted by molar-refractivity contribution is 5.89. The molecule has 1 heterocycles. The molecule has 0 spiro atoms. The lowest BCUT2D eigenvalue weighted by Crippen LogP contribution is -2.55. The number of nitrogens with two attached hydrogens (primary N) is 1. The van der Waals surface area contributed by atoms with Gasteiger partial charge < -0.3 is 15.7 Å². The molecule has 3 N–H and O–H groups in total. The number of nitrogens with zero attached hydrogens (tertiary/aromatic N) is 1. The van der Waals surface area contributed by atoms with Crippen molar-refractivity contribution in [3.8, 4) is 0 Å². The van der Waals surface area contributed by atoms with Crippen molar-refractivity contribution in [1.29, 1.82) is 0 Å². The molecule has 4 atom stereocenters. The number of carbonyl (C=O) groups excluding carboxylic acids is 1. The molecule has 1 saturated carbocycles. The summed E-state index contributed by atoms with van der Waals surface area (Å²) in [6.07, 6.45) is 0.782. The van der Waals surface area contributed by atoms with E-state index in [2.05, 4.69) is 13.8 Å². The van der Waals surface area contributed by atoms with Crippen LogP contribution in [-0.2, 0) is 9.59 Å². The second-order valence-electron chi connectivity index (χ2n) is 7.55. The van der Waals surface area contributed by atoms with Gasteiger partial charge in [0, 0.05) is 12.5 Å². The fourth-order valence-electron chi connectivity index (χ4n) is 3.53. The molecule has 0 bridgehead atoms. The molecule has 2 rings (SSSR count). The maximum absolute atomic E-state index is 12.6. The minimum atomic E-state index is -0.905. The number of hydrogen-bond acceptors (Lipinski definition) is 3. The van der Waals surface area contributed by atoms with Crippen LogP contribution >= 0.6 is 0 Å². The summed E-state index contributed by atoms with van der Waals surface area (Å²) in [5.74, 6) is -0.754. The van der Waals surface area contributed by atoms with Crippen molar-refractivity contribution in [2.45, 2.75) is 53.1 Å². The van der Waals surface area contributed by atoms with Crippen molar-refractivity contribution in [3.05, 3.63) is 0 Å². The summed E-state index contributed by atoms with van der Waals surface area (Å²) in [6.45, 7) is 10.6. The van der Waals surface area contributed by atoms with Crippen LogP contribution in [0.5, 0.6) is 0 Å². The Hall–Kier alpha value is -1.10. The number of likely N-dealkylation sites (tertiary alicyclic amines) is 1. The fourth-order valence-corrected chi connectivity index (χ4v) is 3.53. The van der Waals surface area contributed by atoms with E-state index in [9.17, 15) is 14.7 Å². The predicted octanol–water partition coefficient (Wildman–Crippen LogP) is 1.32. The number of fused-ring (bicyclic) bond motifs is 1. The monoisotopic (exact) mass is 282 g/mol. The van der Waals surface area contributed by atoms with Crippen LogP contribution in [0.4, 0.5) is 0 Å². The third-order valence-electron chi connectivity index (χ3n) is 5.76. The number of carbonyl (C=O) groups is 2. The molecule has 2 fully saturated rings. The average molecular weight is 282 g/mol. The van der Waals surface area contributed by atoms with Crippen LogP contribution in [0.15, 0.2) is 0 Å². The molecule has 1 saturated heterocycles. The Labute approximate surface area is 120 Å². The van der Waals surface area contributed by atoms with Crippen LogP contribution in [0.2, 0.25) is 0 Å². The van der Waals surface area contributed by atoms with Crippen molar-refractivity contribution < 1.29 is 14.7 Å². The van der Waals surface area contributed by atoms with Gasteiger partial charge in [0.05, 0.1) is 6.04 Å². The molecule has 0 aromatic heterocycles. The van der Waals surface area contributed by atoms with Gasteiger partial charge >= 0.3 is 5.97 Å². The number of piperidine rings is 1. The summed E-state index contributed by atoms with van der Waals surface area (Å²) in [5.41, 5.74) is 5.81. The summed E-state index contributed by atoms with van der Waals surface area (Å²) >= 11 is 0. The third kappa shape index (κ3) is 2.03. The minimum Gasteiger partial charge on any atom is -0.480 e. The van der Waals surface area contributed by atoms with Crippen LogP contribution in [0.3, 0.4) is 0 Å². The van der Waals surface area contributed by atoms with E-state index in [1.807, 2.05) is 20.8 Å². The van der Waals surface area contributed by atoms with Gasteiger partial charge in [0.1, 0.15) is 6.04 Å². The summed E-state index contributed by atoms with van der Waals surface area (Å²) in [6, 6.07) is -1.35. The number of hydrogen-bond donors (Lipinski definition) is 2. The molecular weight excluding hydrogens is 256 g/mol. The van der Waals surface area contributed by atoms with E-state index in [-0.39, 0.29) is 22.7 Å². The summed E-state index contributed by atoms with van der Waals surface area (Å²) in [7, 11) is 0. The fraction of sp³-hybridized carbons (Fsp3) is 0.867. The van der Waals surface area contributed by atoms with Gasteiger partial charge in [-0.2, -0.15) is 0 Å². The van der Waals surface area contributed by atoms with Gasteiger partial charge in [-0.05, 0) is 23.2 Å². The van der Waals surface area contributed by atoms with E-state index in [1.165, 1.54) is 4.90 Å². The molecule has 5 heteroatoms. The molecule has 20 heavy (non-hydrogen) atoms. The summed E-state index contributed by atoms with van der Waals surface area (Å²) in [5, 5.41) is 9.47. The quantitative estimate of drug-likeness (QED) is 0.814. The number of aliphatic carboxylic acids is 1. The Morgan fingerprint density at radius 1 is 1.45 bits per heavy atom. The van der Waals surface area contributed by atoms with Gasteiger partial charge in [-0.1, -0.05) is 34.6 Å². The van der Waals surface area contributed by atoms with E-state index < -0.39 is 18.1 Å². The average Bonchev–Trinajstić information content (AvgIpc) is 2.78. The lowest BCUT2D eigenvalue weighted by Gasteiger charge is -2.35. The molecule has 2 aliphatic rings. The number of carboxylic acids is 1. The first-order chi connectivity index (χ1) is 9.05. The second kappa shape index (κ2) is 4.45. The normalized spacial score (nSPS) is 32.7. The Bertz CT molecular complexity index is 444. The van der Waals surface area contributed by atoms with E-state index in [1.54, 1.807) is 0 Å². The van der Waals surface area contributed by atoms with Crippen LogP contribution < -0.4 is 5.73 Å². The topological polar surface area (TPSA) is 83.6 Å². The number of rotatable bonds is 4. The van der Waals surface area contributed by atoms with E-state index >= 15 is 0 Å². The maximum atomic E-state index is 12.6. The first-order valence-electron chi connectivity index (χ1n) is 7.34. The van der Waals surface area contributed by atoms with Crippen LogP contribution in [0.25, 0.3) is 0 Å². The van der Waals surface area contributed by atoms with Crippen molar-refractivity contribution in [2.75, 3.05) is 6.54 Å². The van der Waals surface area contributed by atoms with Gasteiger partial charge in [0.15, 0.2) is 0 Å². The first-order valence-corrected chi connectivity index (χ1v) is 7.34. The molecule has 1 aliphatic heterocycles. The molecule has 5 nitrogen and oxygen atoms in total. The molecule has 0 aromatic rings. The molecule has 114 valence electrons. The molecular formula is C15H26N2O3. The van der Waals surface area contributed by atoms with Crippen molar-refractivity contribution in [3.63, 3.8) is 0 Å². The summed E-state index contributed by atoms with van der Waals surface area (Å²) in [4.78, 5) is 25.6. The van der Waals surface area contributed by atoms with Gasteiger partial charge in [-0.25, -0.2) is 4.79 Å². The van der Waals surface area contributed by atoms with E-state index in [0.29, 0.717) is 12.5 Å². The standard InChI is InChI=1S/C15H26N2O3/c1-6-14(2,3)11(16)12(18)17-7-8-9(15(8,4)5)10(17)13(19)20/h8-11H,6-7,16H2,1-5H3,(H,19,20)/t8-,9-,10-,11+/m0/s1. The molecule has 0 unspecified atom stereocenters. The van der Waals surface area contributed by atoms with Crippen LogP contribution in [0, 0.1) is 22.7 Å². The molecule has 1 amide bonds. The van der Waals surface area contributed by atoms with Crippen LogP contribution in [-0.4, -0.2) is 40.5 Å². The molecule has 0 radical (unpaired) electrons. The lowest BCUT2D eigenvalue weighted by molar-refractivity contribution is -0.151. The Morgan fingerprint density at radius 2 is 2.00 bits per heavy atom. The van der Waals surface area contributed by atoms with Gasteiger partial charge in [-0.3, -0.25) is 4.79 Å². The summed E-state index contributed by atoms with van der Waals surface area (Å²) < 4.78 is 0. The second-order valence-corrected chi connectivity index (χ2v) is 7.55. The van der Waals surface area contributed by atoms with Crippen molar-refractivity contribution >= 4 is 11.9 Å². The van der Waals surface area contributed by atoms with E-state index in [4.69, 9.17) is 5.73 Å². The smallest absolute Gasteiger partial charge is 0.326 e. The molecule has 0 aromatic carbocycles. The Kier molecular flexibility index (Phi) is 3.40. The first kappa shape index (κ1) is 15.3. The molecule has 1 aliphatic carbocycles. The van der Waals surface area contributed by atoms with Crippen molar-refractivity contribution in [2.24, 2.45) is 28.4 Å². The maximum Gasteiger partial charge on any atom is 0.326 e.